The van der Waals surface area contributed by atoms with Crippen LogP contribution in [0.2, 0.25) is 0 Å². The van der Waals surface area contributed by atoms with Crippen LogP contribution in [-0.2, 0) is 14.8 Å². The highest BCUT2D eigenvalue weighted by molar-refractivity contribution is 7.90. The molecular formula is C9H16F4N2O3S. The van der Waals surface area contributed by atoms with Crippen LogP contribution in [0.15, 0.2) is 0 Å². The molecule has 10 heteroatoms. The molecule has 0 aromatic carbocycles. The molecule has 0 aromatic rings. The molecule has 0 atom stereocenters. The lowest BCUT2D eigenvalue weighted by atomic mass is 10.4. The molecule has 0 bridgehead atoms. The number of sulfonamides is 1. The van der Waals surface area contributed by atoms with Crippen molar-refractivity contribution in [2.24, 2.45) is 0 Å². The van der Waals surface area contributed by atoms with Gasteiger partial charge in [0.05, 0.1) is 13.2 Å². The van der Waals surface area contributed by atoms with Gasteiger partial charge in [-0.3, -0.25) is 4.90 Å². The van der Waals surface area contributed by atoms with E-state index >= 15 is 0 Å². The lowest BCUT2D eigenvalue weighted by Crippen LogP contribution is -2.48. The standard InChI is InChI=1S/C9H16F4N2O3S/c1-14(2-3-15-4-6-18-7-5-15)19(16,17)9(12,13)8(10)11/h8H,2-7H2,1H3. The molecule has 0 amide bonds. The molecule has 5 nitrogen and oxygen atoms in total. The Kier molecular flexibility index (Phi) is 5.53. The molecule has 1 aliphatic rings. The number of hydrogen-bond donors (Lipinski definition) is 0. The first-order chi connectivity index (χ1) is 8.69. The van der Waals surface area contributed by atoms with Crippen molar-refractivity contribution in [1.29, 1.82) is 0 Å². The first-order valence-electron chi connectivity index (χ1n) is 5.61. The van der Waals surface area contributed by atoms with E-state index in [2.05, 4.69) is 0 Å². The number of nitrogens with zero attached hydrogens (tertiary/aromatic N) is 2. The third-order valence-corrected chi connectivity index (χ3v) is 4.71. The van der Waals surface area contributed by atoms with E-state index in [-0.39, 0.29) is 17.4 Å². The van der Waals surface area contributed by atoms with Crippen molar-refractivity contribution in [3.63, 3.8) is 0 Å². The number of hydrogen-bond acceptors (Lipinski definition) is 4. The Balaban J connectivity index is 2.58. The second kappa shape index (κ2) is 6.33. The first kappa shape index (κ1) is 16.6. The van der Waals surface area contributed by atoms with E-state index in [4.69, 9.17) is 4.74 Å². The average molecular weight is 308 g/mol. The quantitative estimate of drug-likeness (QED) is 0.668. The Hall–Kier alpha value is -0.450. The van der Waals surface area contributed by atoms with Crippen molar-refractivity contribution in [2.75, 3.05) is 46.4 Å². The van der Waals surface area contributed by atoms with Gasteiger partial charge in [-0.15, -0.1) is 0 Å². The molecule has 0 radical (unpaired) electrons. The zero-order valence-corrected chi connectivity index (χ0v) is 11.2. The molecule has 1 saturated heterocycles. The minimum atomic E-state index is -5.35. The van der Waals surface area contributed by atoms with Gasteiger partial charge in [0.15, 0.2) is 0 Å². The van der Waals surface area contributed by atoms with E-state index in [1.54, 1.807) is 0 Å². The summed E-state index contributed by atoms with van der Waals surface area (Å²) >= 11 is 0. The zero-order chi connectivity index (χ0) is 14.7. The molecule has 0 unspecified atom stereocenters. The molecule has 19 heavy (non-hydrogen) atoms. The van der Waals surface area contributed by atoms with Gasteiger partial charge in [0.2, 0.25) is 0 Å². The zero-order valence-electron chi connectivity index (χ0n) is 10.4. The maximum absolute atomic E-state index is 12.9. The fraction of sp³-hybridized carbons (Fsp3) is 1.00. The summed E-state index contributed by atoms with van der Waals surface area (Å²) < 4.78 is 78.0. The van der Waals surface area contributed by atoms with Gasteiger partial charge in [-0.1, -0.05) is 0 Å². The molecule has 1 aliphatic heterocycles. The van der Waals surface area contributed by atoms with Crippen LogP contribution in [0.5, 0.6) is 0 Å². The summed E-state index contributed by atoms with van der Waals surface area (Å²) in [5, 5.41) is -5.06. The highest BCUT2D eigenvalue weighted by atomic mass is 32.2. The second-order valence-electron chi connectivity index (χ2n) is 4.14. The first-order valence-corrected chi connectivity index (χ1v) is 7.05. The summed E-state index contributed by atoms with van der Waals surface area (Å²) in [5.41, 5.74) is 0. The molecule has 0 saturated carbocycles. The predicted molar refractivity (Wildman–Crippen MR) is 59.8 cm³/mol. The highest BCUT2D eigenvalue weighted by Crippen LogP contribution is 2.31. The van der Waals surface area contributed by atoms with Gasteiger partial charge < -0.3 is 4.74 Å². The Bertz CT molecular complexity index is 385. The van der Waals surface area contributed by atoms with Crippen molar-refractivity contribution in [3.05, 3.63) is 0 Å². The minimum absolute atomic E-state index is 0.193. The molecule has 1 fully saturated rings. The van der Waals surface area contributed by atoms with Crippen molar-refractivity contribution >= 4 is 10.0 Å². The van der Waals surface area contributed by atoms with Crippen LogP contribution in [0.4, 0.5) is 17.6 Å². The molecule has 0 aromatic heterocycles. The van der Waals surface area contributed by atoms with Crippen LogP contribution in [0.25, 0.3) is 0 Å². The Labute approximate surface area is 109 Å². The van der Waals surface area contributed by atoms with Crippen molar-refractivity contribution in [2.45, 2.75) is 11.7 Å². The summed E-state index contributed by atoms with van der Waals surface area (Å²) in [6.07, 6.45) is -4.25. The molecule has 0 spiro atoms. The van der Waals surface area contributed by atoms with Gasteiger partial charge in [-0.05, 0) is 0 Å². The fourth-order valence-corrected chi connectivity index (χ4v) is 2.51. The van der Waals surface area contributed by atoms with E-state index in [0.717, 1.165) is 7.05 Å². The third-order valence-electron chi connectivity index (χ3n) is 2.84. The van der Waals surface area contributed by atoms with Crippen molar-refractivity contribution < 1.29 is 30.7 Å². The van der Waals surface area contributed by atoms with Gasteiger partial charge in [0.1, 0.15) is 0 Å². The number of rotatable bonds is 6. The summed E-state index contributed by atoms with van der Waals surface area (Å²) in [7, 11) is -4.48. The van der Waals surface area contributed by atoms with Gasteiger partial charge in [-0.25, -0.2) is 17.2 Å². The number of likely N-dealkylation sites (N-methyl/N-ethyl adjacent to an activating group) is 1. The molecule has 0 N–H and O–H groups in total. The number of ether oxygens (including phenoxy) is 1. The lowest BCUT2D eigenvalue weighted by Gasteiger charge is -2.29. The van der Waals surface area contributed by atoms with Gasteiger partial charge in [-0.2, -0.15) is 13.1 Å². The van der Waals surface area contributed by atoms with Crippen molar-refractivity contribution in [3.8, 4) is 0 Å². The Morgan fingerprint density at radius 2 is 1.84 bits per heavy atom. The summed E-state index contributed by atoms with van der Waals surface area (Å²) in [6.45, 7) is 1.98. The van der Waals surface area contributed by atoms with Gasteiger partial charge >= 0.3 is 11.7 Å². The van der Waals surface area contributed by atoms with E-state index in [1.165, 1.54) is 0 Å². The smallest absolute Gasteiger partial charge is 0.379 e. The summed E-state index contributed by atoms with van der Waals surface area (Å²) in [4.78, 5) is 1.82. The SMILES string of the molecule is CN(CCN1CCOCC1)S(=O)(=O)C(F)(F)C(F)F. The van der Waals surface area contributed by atoms with Gasteiger partial charge in [0.25, 0.3) is 10.0 Å². The lowest BCUT2D eigenvalue weighted by molar-refractivity contribution is -0.0670. The maximum atomic E-state index is 12.9. The van der Waals surface area contributed by atoms with Gasteiger partial charge in [0, 0.05) is 33.2 Å². The number of alkyl halides is 4. The fourth-order valence-electron chi connectivity index (χ4n) is 1.55. The van der Waals surface area contributed by atoms with Crippen molar-refractivity contribution in [1.82, 2.24) is 9.21 Å². The second-order valence-corrected chi connectivity index (χ2v) is 6.26. The molecule has 1 heterocycles. The summed E-state index contributed by atoms with van der Waals surface area (Å²) in [5.74, 6) is 0. The van der Waals surface area contributed by atoms with E-state index in [0.29, 0.717) is 26.3 Å². The average Bonchev–Trinajstić information content (AvgIpc) is 2.36. The minimum Gasteiger partial charge on any atom is -0.379 e. The number of morpholine rings is 1. The maximum Gasteiger partial charge on any atom is 0.418 e. The van der Waals surface area contributed by atoms with Crippen LogP contribution >= 0.6 is 0 Å². The Morgan fingerprint density at radius 3 is 2.32 bits per heavy atom. The predicted octanol–water partition coefficient (Wildman–Crippen LogP) is 0.438. The van der Waals surface area contributed by atoms with E-state index < -0.39 is 21.7 Å². The number of halogens is 4. The Morgan fingerprint density at radius 1 is 1.32 bits per heavy atom. The van der Waals surface area contributed by atoms with Crippen LogP contribution in [-0.4, -0.2) is 75.7 Å². The van der Waals surface area contributed by atoms with Crippen LogP contribution in [0, 0.1) is 0 Å². The van der Waals surface area contributed by atoms with Crippen LogP contribution < -0.4 is 0 Å². The largest absolute Gasteiger partial charge is 0.418 e. The van der Waals surface area contributed by atoms with E-state index in [1.807, 2.05) is 4.90 Å². The van der Waals surface area contributed by atoms with Crippen LogP contribution in [0.1, 0.15) is 0 Å². The van der Waals surface area contributed by atoms with Crippen LogP contribution in [0.3, 0.4) is 0 Å². The van der Waals surface area contributed by atoms with E-state index in [9.17, 15) is 26.0 Å². The third kappa shape index (κ3) is 3.77. The molecular weight excluding hydrogens is 292 g/mol. The molecule has 1 rings (SSSR count). The topological polar surface area (TPSA) is 49.9 Å². The molecule has 114 valence electrons. The normalized spacial score (nSPS) is 19.3. The monoisotopic (exact) mass is 308 g/mol. The molecule has 0 aliphatic carbocycles. The highest BCUT2D eigenvalue weighted by Gasteiger charge is 2.55. The summed E-state index contributed by atoms with van der Waals surface area (Å²) in [6, 6.07) is 0.